The van der Waals surface area contributed by atoms with Crippen LogP contribution in [0.25, 0.3) is 10.4 Å². The Bertz CT molecular complexity index is 259. The smallest absolute Gasteiger partial charge is 0.0576 e. The van der Waals surface area contributed by atoms with Gasteiger partial charge in [-0.25, -0.2) is 0 Å². The molecule has 0 amide bonds. The Morgan fingerprint density at radius 3 is 2.36 bits per heavy atom. The van der Waals surface area contributed by atoms with E-state index in [2.05, 4.69) is 16.9 Å². The monoisotopic (exact) mass is 195 g/mol. The molecular formula is C10H17N3O. The molecule has 0 aromatic heterocycles. The summed E-state index contributed by atoms with van der Waals surface area (Å²) in [6, 6.07) is 0. The minimum Gasteiger partial charge on any atom is -0.381 e. The quantitative estimate of drug-likeness (QED) is 0.379. The van der Waals surface area contributed by atoms with E-state index < -0.39 is 0 Å². The molecule has 0 saturated heterocycles. The van der Waals surface area contributed by atoms with E-state index in [0.29, 0.717) is 6.10 Å². The molecule has 0 radical (unpaired) electrons. The number of ether oxygens (including phenoxy) is 1. The van der Waals surface area contributed by atoms with Gasteiger partial charge in [0.25, 0.3) is 0 Å². The van der Waals surface area contributed by atoms with Gasteiger partial charge in [0.1, 0.15) is 0 Å². The molecule has 0 aromatic carbocycles. The van der Waals surface area contributed by atoms with Crippen molar-refractivity contribution in [2.24, 2.45) is 17.0 Å². The van der Waals surface area contributed by atoms with Gasteiger partial charge in [-0.05, 0) is 43.1 Å². The van der Waals surface area contributed by atoms with Gasteiger partial charge in [-0.2, -0.15) is 0 Å². The summed E-state index contributed by atoms with van der Waals surface area (Å²) in [6.07, 6.45) is 4.83. The minimum absolute atomic E-state index is 0.122. The highest BCUT2D eigenvalue weighted by Crippen LogP contribution is 2.50. The van der Waals surface area contributed by atoms with Crippen molar-refractivity contribution < 1.29 is 4.74 Å². The van der Waals surface area contributed by atoms with Crippen LogP contribution in [0.3, 0.4) is 0 Å². The van der Waals surface area contributed by atoms with Gasteiger partial charge >= 0.3 is 0 Å². The summed E-state index contributed by atoms with van der Waals surface area (Å²) < 4.78 is 5.37. The van der Waals surface area contributed by atoms with Crippen LogP contribution in [0.2, 0.25) is 0 Å². The molecule has 4 nitrogen and oxygen atoms in total. The number of rotatable bonds is 2. The number of hydrogen-bond acceptors (Lipinski definition) is 2. The number of hydrogen-bond donors (Lipinski definition) is 0. The van der Waals surface area contributed by atoms with Crippen LogP contribution < -0.4 is 0 Å². The van der Waals surface area contributed by atoms with Crippen LogP contribution in [0, 0.1) is 11.8 Å². The SMILES string of the molecule is CO[C@@H]1C[C@@H]2CC(C)(N=[N+]=[N-])C[C@@H]2C1. The van der Waals surface area contributed by atoms with Crippen molar-refractivity contribution in [1.82, 2.24) is 0 Å². The van der Waals surface area contributed by atoms with Crippen molar-refractivity contribution in [2.75, 3.05) is 7.11 Å². The normalized spacial score (nSPS) is 46.0. The van der Waals surface area contributed by atoms with Crippen molar-refractivity contribution in [1.29, 1.82) is 0 Å². The largest absolute Gasteiger partial charge is 0.381 e. The summed E-state index contributed by atoms with van der Waals surface area (Å²) in [5.41, 5.74) is 8.36. The van der Waals surface area contributed by atoms with Crippen LogP contribution in [0.15, 0.2) is 5.11 Å². The fourth-order valence-corrected chi connectivity index (χ4v) is 3.25. The third-order valence-corrected chi connectivity index (χ3v) is 3.82. The Labute approximate surface area is 84.3 Å². The highest BCUT2D eigenvalue weighted by atomic mass is 16.5. The summed E-state index contributed by atoms with van der Waals surface area (Å²) in [6.45, 7) is 2.08. The van der Waals surface area contributed by atoms with Gasteiger partial charge in [0.2, 0.25) is 0 Å². The Morgan fingerprint density at radius 2 is 1.93 bits per heavy atom. The molecule has 78 valence electrons. The molecule has 0 aliphatic heterocycles. The maximum Gasteiger partial charge on any atom is 0.0576 e. The Kier molecular flexibility index (Phi) is 2.41. The average Bonchev–Trinajstić information content (AvgIpc) is 2.59. The summed E-state index contributed by atoms with van der Waals surface area (Å²) >= 11 is 0. The first-order chi connectivity index (χ1) is 6.67. The molecule has 0 heterocycles. The lowest BCUT2D eigenvalue weighted by atomic mass is 9.97. The van der Waals surface area contributed by atoms with E-state index in [9.17, 15) is 0 Å². The first-order valence-electron chi connectivity index (χ1n) is 5.26. The Balaban J connectivity index is 2.02. The zero-order valence-corrected chi connectivity index (χ0v) is 8.81. The van der Waals surface area contributed by atoms with E-state index in [1.165, 1.54) is 0 Å². The fourth-order valence-electron chi connectivity index (χ4n) is 3.25. The lowest BCUT2D eigenvalue weighted by Crippen LogP contribution is -2.19. The first-order valence-corrected chi connectivity index (χ1v) is 5.26. The highest BCUT2D eigenvalue weighted by Gasteiger charge is 2.46. The first kappa shape index (κ1) is 9.81. The van der Waals surface area contributed by atoms with Gasteiger partial charge in [-0.1, -0.05) is 12.0 Å². The van der Waals surface area contributed by atoms with Crippen LogP contribution in [-0.2, 0) is 4.74 Å². The van der Waals surface area contributed by atoms with E-state index in [1.54, 1.807) is 7.11 Å². The Hall–Kier alpha value is -0.730. The number of nitrogens with zero attached hydrogens (tertiary/aromatic N) is 3. The van der Waals surface area contributed by atoms with Crippen molar-refractivity contribution in [3.63, 3.8) is 0 Å². The molecule has 0 bridgehead atoms. The van der Waals surface area contributed by atoms with Crippen LogP contribution in [0.1, 0.15) is 32.6 Å². The van der Waals surface area contributed by atoms with Gasteiger partial charge in [-0.3, -0.25) is 0 Å². The highest BCUT2D eigenvalue weighted by molar-refractivity contribution is 5.02. The molecule has 2 aliphatic carbocycles. The minimum atomic E-state index is -0.122. The van der Waals surface area contributed by atoms with Crippen molar-refractivity contribution in [3.8, 4) is 0 Å². The topological polar surface area (TPSA) is 58.0 Å². The average molecular weight is 195 g/mol. The van der Waals surface area contributed by atoms with Crippen LogP contribution >= 0.6 is 0 Å². The van der Waals surface area contributed by atoms with Gasteiger partial charge < -0.3 is 4.74 Å². The predicted octanol–water partition coefficient (Wildman–Crippen LogP) is 2.89. The van der Waals surface area contributed by atoms with Crippen LogP contribution in [0.4, 0.5) is 0 Å². The summed E-state index contributed by atoms with van der Waals surface area (Å²) in [7, 11) is 1.79. The third kappa shape index (κ3) is 1.60. The van der Waals surface area contributed by atoms with Crippen LogP contribution in [-0.4, -0.2) is 18.8 Å². The van der Waals surface area contributed by atoms with Crippen molar-refractivity contribution in [3.05, 3.63) is 10.4 Å². The predicted molar refractivity (Wildman–Crippen MR) is 53.8 cm³/mol. The summed E-state index contributed by atoms with van der Waals surface area (Å²) in [4.78, 5) is 2.95. The molecule has 2 aliphatic rings. The molecule has 2 saturated carbocycles. The van der Waals surface area contributed by atoms with Gasteiger partial charge in [0, 0.05) is 17.6 Å². The molecule has 2 rings (SSSR count). The van der Waals surface area contributed by atoms with E-state index in [-0.39, 0.29) is 5.54 Å². The van der Waals surface area contributed by atoms with Gasteiger partial charge in [0.05, 0.1) is 6.10 Å². The van der Waals surface area contributed by atoms with Crippen LogP contribution in [0.5, 0.6) is 0 Å². The van der Waals surface area contributed by atoms with E-state index in [1.807, 2.05) is 0 Å². The molecule has 0 spiro atoms. The zero-order valence-electron chi connectivity index (χ0n) is 8.81. The van der Waals surface area contributed by atoms with Crippen molar-refractivity contribution >= 4 is 0 Å². The summed E-state index contributed by atoms with van der Waals surface area (Å²) in [5, 5.41) is 3.93. The lowest BCUT2D eigenvalue weighted by molar-refractivity contribution is 0.0990. The maximum atomic E-state index is 8.49. The van der Waals surface area contributed by atoms with Gasteiger partial charge in [0.15, 0.2) is 0 Å². The number of fused-ring (bicyclic) bond motifs is 1. The third-order valence-electron chi connectivity index (χ3n) is 3.82. The summed E-state index contributed by atoms with van der Waals surface area (Å²) in [5.74, 6) is 1.44. The molecule has 2 fully saturated rings. The number of azide groups is 1. The standard InChI is InChI=1S/C10H17N3O/c1-10(12-13-11)5-7-3-9(14-2)4-8(7)6-10/h7-9H,3-6H2,1-2H3/t7-,8+,9-,10?. The second-order valence-corrected chi connectivity index (χ2v) is 4.94. The molecule has 0 aromatic rings. The zero-order chi connectivity index (χ0) is 10.2. The second kappa shape index (κ2) is 3.44. The van der Waals surface area contributed by atoms with E-state index in [0.717, 1.165) is 37.5 Å². The molecule has 0 N–H and O–H groups in total. The van der Waals surface area contributed by atoms with E-state index >= 15 is 0 Å². The molecule has 4 heteroatoms. The molecule has 14 heavy (non-hydrogen) atoms. The molecule has 1 unspecified atom stereocenters. The van der Waals surface area contributed by atoms with E-state index in [4.69, 9.17) is 10.3 Å². The maximum absolute atomic E-state index is 8.49. The van der Waals surface area contributed by atoms with Gasteiger partial charge in [-0.15, -0.1) is 0 Å². The second-order valence-electron chi connectivity index (χ2n) is 4.94. The fraction of sp³-hybridized carbons (Fsp3) is 1.00. The van der Waals surface area contributed by atoms with Crippen molar-refractivity contribution in [2.45, 2.75) is 44.2 Å². The lowest BCUT2D eigenvalue weighted by Gasteiger charge is -2.19. The number of methoxy groups -OCH3 is 1. The molecular weight excluding hydrogens is 178 g/mol. The molecule has 4 atom stereocenters. The Morgan fingerprint density at radius 1 is 1.36 bits per heavy atom.